The van der Waals surface area contributed by atoms with E-state index in [0.29, 0.717) is 25.7 Å². The highest BCUT2D eigenvalue weighted by Gasteiger charge is 2.42. The minimum Gasteiger partial charge on any atom is -0.332 e. The Morgan fingerprint density at radius 3 is 2.40 bits per heavy atom. The summed E-state index contributed by atoms with van der Waals surface area (Å²) in [6, 6.07) is 0.668. The fraction of sp³-hybridized carbons (Fsp3) is 0.562. The van der Waals surface area contributed by atoms with Crippen molar-refractivity contribution in [3.8, 4) is 0 Å². The maximum absolute atomic E-state index is 13.6. The molecular weight excluding hydrogens is 359 g/mol. The summed E-state index contributed by atoms with van der Waals surface area (Å²) >= 11 is 0. The minimum atomic E-state index is -3.72. The molecule has 2 aliphatic heterocycles. The molecule has 1 aromatic rings. The van der Waals surface area contributed by atoms with Crippen LogP contribution in [-0.2, 0) is 19.1 Å². The van der Waals surface area contributed by atoms with Gasteiger partial charge in [0.15, 0.2) is 17.5 Å². The molecule has 0 saturated carbocycles. The van der Waals surface area contributed by atoms with Gasteiger partial charge in [0.2, 0.25) is 5.91 Å². The van der Waals surface area contributed by atoms with Crippen molar-refractivity contribution in [1.82, 2.24) is 4.90 Å². The molecule has 0 spiro atoms. The standard InChI is InChI=1S/C16H18F3NO4S/c1-25(22,23)24-11-7-10-3-2-4-15(21)20(10)14(8-11)9-5-12(17)16(19)13(18)6-9/h5-6,10-11,14H,2-4,7-8H2,1H3/t10-,11?,14+/m1/s1. The summed E-state index contributed by atoms with van der Waals surface area (Å²) in [5, 5.41) is 0. The number of hydrogen-bond donors (Lipinski definition) is 0. The van der Waals surface area contributed by atoms with E-state index < -0.39 is 39.7 Å². The molecule has 25 heavy (non-hydrogen) atoms. The Labute approximate surface area is 143 Å². The van der Waals surface area contributed by atoms with Crippen LogP contribution < -0.4 is 0 Å². The van der Waals surface area contributed by atoms with Crippen LogP contribution in [0.4, 0.5) is 13.2 Å². The maximum atomic E-state index is 13.6. The summed E-state index contributed by atoms with van der Waals surface area (Å²) in [4.78, 5) is 13.9. The lowest BCUT2D eigenvalue weighted by Gasteiger charge is -2.47. The van der Waals surface area contributed by atoms with Crippen LogP contribution in [0.15, 0.2) is 12.1 Å². The molecular formula is C16H18F3NO4S. The summed E-state index contributed by atoms with van der Waals surface area (Å²) in [6.45, 7) is 0. The zero-order valence-electron chi connectivity index (χ0n) is 13.5. The van der Waals surface area contributed by atoms with E-state index in [-0.39, 0.29) is 23.9 Å². The molecule has 1 aromatic carbocycles. The van der Waals surface area contributed by atoms with Crippen LogP contribution in [0.25, 0.3) is 0 Å². The fourth-order valence-corrected chi connectivity index (χ4v) is 4.42. The smallest absolute Gasteiger partial charge is 0.264 e. The molecule has 1 amide bonds. The second-order valence-electron chi connectivity index (χ2n) is 6.56. The van der Waals surface area contributed by atoms with Gasteiger partial charge >= 0.3 is 0 Å². The Morgan fingerprint density at radius 2 is 1.80 bits per heavy atom. The van der Waals surface area contributed by atoms with E-state index in [0.717, 1.165) is 18.4 Å². The average molecular weight is 377 g/mol. The van der Waals surface area contributed by atoms with Crippen molar-refractivity contribution in [3.63, 3.8) is 0 Å². The zero-order valence-corrected chi connectivity index (χ0v) is 14.4. The number of benzene rings is 1. The number of hydrogen-bond acceptors (Lipinski definition) is 4. The van der Waals surface area contributed by atoms with Crippen molar-refractivity contribution in [3.05, 3.63) is 35.1 Å². The van der Waals surface area contributed by atoms with Gasteiger partial charge in [-0.1, -0.05) is 0 Å². The summed E-state index contributed by atoms with van der Waals surface area (Å²) in [6.07, 6.45) is 2.25. The Balaban J connectivity index is 1.98. The quantitative estimate of drug-likeness (QED) is 0.600. The van der Waals surface area contributed by atoms with Gasteiger partial charge in [-0.15, -0.1) is 0 Å². The lowest BCUT2D eigenvalue weighted by atomic mass is 9.84. The van der Waals surface area contributed by atoms with Crippen LogP contribution in [-0.4, -0.2) is 37.6 Å². The molecule has 2 saturated heterocycles. The second-order valence-corrected chi connectivity index (χ2v) is 8.16. The topological polar surface area (TPSA) is 63.7 Å². The molecule has 0 aliphatic carbocycles. The first-order valence-electron chi connectivity index (χ1n) is 7.99. The van der Waals surface area contributed by atoms with Crippen LogP contribution >= 0.6 is 0 Å². The molecule has 3 atom stereocenters. The van der Waals surface area contributed by atoms with Crippen molar-refractivity contribution in [2.45, 2.75) is 50.3 Å². The lowest BCUT2D eigenvalue weighted by molar-refractivity contribution is -0.144. The van der Waals surface area contributed by atoms with Gasteiger partial charge in [0.1, 0.15) is 0 Å². The van der Waals surface area contributed by atoms with E-state index in [1.807, 2.05) is 0 Å². The Bertz CT molecular complexity index is 776. The van der Waals surface area contributed by atoms with Crippen molar-refractivity contribution in [1.29, 1.82) is 0 Å². The molecule has 9 heteroatoms. The Morgan fingerprint density at radius 1 is 1.16 bits per heavy atom. The molecule has 0 aromatic heterocycles. The number of halogens is 3. The van der Waals surface area contributed by atoms with Gasteiger partial charge in [0.25, 0.3) is 10.1 Å². The normalized spacial score (nSPS) is 27.3. The fourth-order valence-electron chi connectivity index (χ4n) is 3.77. The number of carbonyl (C=O) groups excluding carboxylic acids is 1. The molecule has 0 bridgehead atoms. The number of nitrogens with zero attached hydrogens (tertiary/aromatic N) is 1. The molecule has 3 rings (SSSR count). The van der Waals surface area contributed by atoms with Gasteiger partial charge in [0.05, 0.1) is 18.4 Å². The number of fused-ring (bicyclic) bond motifs is 1. The van der Waals surface area contributed by atoms with Crippen LogP contribution in [0.5, 0.6) is 0 Å². The minimum absolute atomic E-state index is 0.0693. The van der Waals surface area contributed by atoms with Crippen molar-refractivity contribution in [2.75, 3.05) is 6.26 Å². The highest BCUT2D eigenvalue weighted by atomic mass is 32.2. The molecule has 0 N–H and O–H groups in total. The van der Waals surface area contributed by atoms with Gasteiger partial charge in [-0.05, 0) is 43.4 Å². The van der Waals surface area contributed by atoms with E-state index in [1.165, 1.54) is 4.90 Å². The first-order valence-corrected chi connectivity index (χ1v) is 9.81. The third kappa shape index (κ3) is 3.82. The van der Waals surface area contributed by atoms with Gasteiger partial charge < -0.3 is 4.90 Å². The third-order valence-electron chi connectivity index (χ3n) is 4.67. The molecule has 0 radical (unpaired) electrons. The highest BCUT2D eigenvalue weighted by molar-refractivity contribution is 7.86. The van der Waals surface area contributed by atoms with E-state index in [2.05, 4.69) is 0 Å². The zero-order chi connectivity index (χ0) is 18.4. The largest absolute Gasteiger partial charge is 0.332 e. The summed E-state index contributed by atoms with van der Waals surface area (Å²) in [5.41, 5.74) is 0.0958. The number of rotatable bonds is 3. The predicted molar refractivity (Wildman–Crippen MR) is 82.5 cm³/mol. The number of carbonyl (C=O) groups is 1. The molecule has 2 fully saturated rings. The van der Waals surface area contributed by atoms with Crippen LogP contribution in [0.2, 0.25) is 0 Å². The van der Waals surface area contributed by atoms with E-state index in [4.69, 9.17) is 4.18 Å². The molecule has 5 nitrogen and oxygen atoms in total. The monoisotopic (exact) mass is 377 g/mol. The summed E-state index contributed by atoms with van der Waals surface area (Å²) in [7, 11) is -3.72. The second kappa shape index (κ2) is 6.60. The van der Waals surface area contributed by atoms with Crippen LogP contribution in [0.1, 0.15) is 43.7 Å². The summed E-state index contributed by atoms with van der Waals surface area (Å²) < 4.78 is 68.5. The first-order chi connectivity index (χ1) is 11.7. The number of piperidine rings is 2. The van der Waals surface area contributed by atoms with E-state index in [9.17, 15) is 26.4 Å². The van der Waals surface area contributed by atoms with E-state index in [1.54, 1.807) is 0 Å². The SMILES string of the molecule is CS(=O)(=O)OC1C[C@H]2CCCC(=O)N2[C@H](c2cc(F)c(F)c(F)c2)C1. The van der Waals surface area contributed by atoms with Crippen molar-refractivity contribution in [2.24, 2.45) is 0 Å². The summed E-state index contributed by atoms with van der Waals surface area (Å²) in [5.74, 6) is -4.43. The van der Waals surface area contributed by atoms with Gasteiger partial charge in [-0.2, -0.15) is 8.42 Å². The lowest BCUT2D eigenvalue weighted by Crippen LogP contribution is -2.52. The number of amides is 1. The average Bonchev–Trinajstić information content (AvgIpc) is 2.50. The molecule has 1 unspecified atom stereocenters. The molecule has 2 heterocycles. The predicted octanol–water partition coefficient (Wildman–Crippen LogP) is 2.66. The van der Waals surface area contributed by atoms with E-state index >= 15 is 0 Å². The van der Waals surface area contributed by atoms with Crippen molar-refractivity contribution < 1.29 is 30.6 Å². The highest BCUT2D eigenvalue weighted by Crippen LogP contribution is 2.41. The van der Waals surface area contributed by atoms with Crippen LogP contribution in [0, 0.1) is 17.5 Å². The van der Waals surface area contributed by atoms with Gasteiger partial charge in [0, 0.05) is 12.5 Å². The third-order valence-corrected chi connectivity index (χ3v) is 5.29. The molecule has 138 valence electrons. The Hall–Kier alpha value is -1.61. The molecule has 2 aliphatic rings. The van der Waals surface area contributed by atoms with Crippen LogP contribution in [0.3, 0.4) is 0 Å². The Kier molecular flexibility index (Phi) is 4.80. The van der Waals surface area contributed by atoms with Gasteiger partial charge in [-0.25, -0.2) is 13.2 Å². The van der Waals surface area contributed by atoms with Gasteiger partial charge in [-0.3, -0.25) is 8.98 Å². The maximum Gasteiger partial charge on any atom is 0.264 e. The first kappa shape index (κ1) is 18.2. The van der Waals surface area contributed by atoms with Crippen molar-refractivity contribution >= 4 is 16.0 Å².